The Bertz CT molecular complexity index is 1800. The monoisotopic (exact) mass is 638 g/mol. The van der Waals surface area contributed by atoms with Crippen molar-refractivity contribution < 1.29 is 68.1 Å². The molecular weight excluding hydrogens is 608 g/mol. The van der Waals surface area contributed by atoms with Gasteiger partial charge in [0, 0.05) is 24.0 Å². The molecule has 6 rings (SSSR count). The number of hydrogen-bond donors (Lipinski definition) is 4. The Morgan fingerprint density at radius 3 is 1.96 bits per heavy atom. The summed E-state index contributed by atoms with van der Waals surface area (Å²) in [6.45, 7) is 3.06. The number of ketones is 2. The van der Waals surface area contributed by atoms with Gasteiger partial charge in [-0.15, -0.1) is 0 Å². The predicted molar refractivity (Wildman–Crippen MR) is 153 cm³/mol. The summed E-state index contributed by atoms with van der Waals surface area (Å²) in [4.78, 5) is 65.7. The molecule has 4 atom stereocenters. The molecule has 0 radical (unpaired) electrons. The van der Waals surface area contributed by atoms with Crippen molar-refractivity contribution in [1.29, 1.82) is 0 Å². The average Bonchev–Trinajstić information content (AvgIpc) is 3.45. The molecular formula is C32H30O14. The lowest BCUT2D eigenvalue weighted by molar-refractivity contribution is -0.175. The Hall–Kier alpha value is -5.11. The number of phenolic OH excluding ortho intramolecular Hbond substituents is 2. The van der Waals surface area contributed by atoms with E-state index in [0.717, 1.165) is 14.2 Å². The van der Waals surface area contributed by atoms with Crippen LogP contribution in [-0.4, -0.2) is 87.5 Å². The molecule has 1 saturated heterocycles. The standard InChI is InChI=1S/C32H30O14/c1-12-9-15(34)23-17(36)11-31(29(40)42-3,19-7-8-20(38)44-19)45-27(23)21(12)22-13(2)10-16(35)24-26(39)25-14(33)5-6-18(37)32(25,30(41)43-4)46-28(22)24/h9-10,18-19,34-35,37,39H,5-8,11H2,1-4H3. The number of carbonyl (C=O) groups is 5. The number of aryl methyl sites for hydroxylation is 2. The summed E-state index contributed by atoms with van der Waals surface area (Å²) in [7, 11) is 2.08. The second-order valence-corrected chi connectivity index (χ2v) is 11.7. The van der Waals surface area contributed by atoms with Crippen LogP contribution in [0.5, 0.6) is 23.0 Å². The molecule has 242 valence electrons. The van der Waals surface area contributed by atoms with Crippen molar-refractivity contribution >= 4 is 35.2 Å². The summed E-state index contributed by atoms with van der Waals surface area (Å²) in [5.41, 5.74) is -5.49. The van der Waals surface area contributed by atoms with Gasteiger partial charge in [-0.25, -0.2) is 9.59 Å². The zero-order chi connectivity index (χ0) is 33.5. The molecule has 4 aliphatic rings. The number of ether oxygens (including phenoxy) is 5. The number of cyclic esters (lactones) is 1. The fourth-order valence-electron chi connectivity index (χ4n) is 6.97. The molecule has 4 N–H and O–H groups in total. The molecule has 14 heteroatoms. The summed E-state index contributed by atoms with van der Waals surface area (Å²) in [5, 5.41) is 44.7. The third-order valence-electron chi connectivity index (χ3n) is 9.08. The van der Waals surface area contributed by atoms with Crippen LogP contribution in [-0.2, 0) is 33.4 Å². The van der Waals surface area contributed by atoms with Gasteiger partial charge in [0.05, 0.1) is 26.2 Å². The molecule has 1 saturated carbocycles. The van der Waals surface area contributed by atoms with Crippen molar-refractivity contribution in [2.45, 2.75) is 69.4 Å². The van der Waals surface area contributed by atoms with Gasteiger partial charge in [0.15, 0.2) is 17.7 Å². The molecule has 2 aromatic rings. The van der Waals surface area contributed by atoms with E-state index in [-0.39, 0.29) is 65.0 Å². The molecule has 0 aromatic heterocycles. The van der Waals surface area contributed by atoms with Crippen LogP contribution in [0.15, 0.2) is 17.7 Å². The first kappa shape index (κ1) is 30.9. The van der Waals surface area contributed by atoms with Gasteiger partial charge in [-0.1, -0.05) is 0 Å². The van der Waals surface area contributed by atoms with Crippen LogP contribution in [0.1, 0.15) is 59.2 Å². The maximum absolute atomic E-state index is 13.8. The van der Waals surface area contributed by atoms with E-state index >= 15 is 0 Å². The normalized spacial score (nSPS) is 26.7. The maximum Gasteiger partial charge on any atom is 0.358 e. The summed E-state index contributed by atoms with van der Waals surface area (Å²) >= 11 is 0. The topological polar surface area (TPSA) is 212 Å². The van der Waals surface area contributed by atoms with Crippen molar-refractivity contribution in [2.75, 3.05) is 14.2 Å². The SMILES string of the molecule is COC(=O)C1(C2CCC(=O)O2)CC(=O)c2c(O)cc(C)c(-c3c(C)cc(O)c4c3OC3(C(=O)OC)C(=C4O)C(=O)CCC3O)c2O1. The van der Waals surface area contributed by atoms with E-state index in [1.54, 1.807) is 0 Å². The molecule has 4 unspecified atom stereocenters. The number of hydrogen-bond acceptors (Lipinski definition) is 14. The third-order valence-corrected chi connectivity index (χ3v) is 9.08. The van der Waals surface area contributed by atoms with Crippen LogP contribution >= 0.6 is 0 Å². The van der Waals surface area contributed by atoms with Crippen LogP contribution in [0, 0.1) is 13.8 Å². The van der Waals surface area contributed by atoms with Gasteiger partial charge >= 0.3 is 17.9 Å². The number of aromatic hydroxyl groups is 2. The van der Waals surface area contributed by atoms with E-state index < -0.39 is 87.7 Å². The summed E-state index contributed by atoms with van der Waals surface area (Å²) in [5.74, 6) is -6.88. The minimum atomic E-state index is -2.54. The number of esters is 3. The molecule has 1 aliphatic carbocycles. The zero-order valence-electron chi connectivity index (χ0n) is 25.2. The van der Waals surface area contributed by atoms with Crippen LogP contribution in [0.25, 0.3) is 16.9 Å². The highest BCUT2D eigenvalue weighted by Gasteiger charge is 2.62. The highest BCUT2D eigenvalue weighted by atomic mass is 16.6. The lowest BCUT2D eigenvalue weighted by atomic mass is 9.73. The van der Waals surface area contributed by atoms with Gasteiger partial charge < -0.3 is 44.1 Å². The first-order chi connectivity index (χ1) is 21.7. The van der Waals surface area contributed by atoms with Gasteiger partial charge in [-0.2, -0.15) is 0 Å². The van der Waals surface area contributed by atoms with E-state index in [9.17, 15) is 44.4 Å². The zero-order valence-corrected chi connectivity index (χ0v) is 25.2. The Labute approximate surface area is 261 Å². The number of aliphatic hydroxyl groups is 2. The summed E-state index contributed by atoms with van der Waals surface area (Å²) < 4.78 is 27.9. The minimum Gasteiger partial charge on any atom is -0.507 e. The van der Waals surface area contributed by atoms with Crippen molar-refractivity contribution in [3.05, 3.63) is 40.0 Å². The van der Waals surface area contributed by atoms with E-state index in [1.807, 2.05) is 0 Å². The lowest BCUT2D eigenvalue weighted by Crippen LogP contribution is -2.61. The van der Waals surface area contributed by atoms with Crippen LogP contribution in [0.4, 0.5) is 0 Å². The second-order valence-electron chi connectivity index (χ2n) is 11.7. The Morgan fingerprint density at radius 1 is 0.804 bits per heavy atom. The van der Waals surface area contributed by atoms with Gasteiger partial charge in [-0.05, 0) is 49.9 Å². The number of phenols is 2. The van der Waals surface area contributed by atoms with Crippen molar-refractivity contribution in [3.8, 4) is 34.1 Å². The first-order valence-corrected chi connectivity index (χ1v) is 14.4. The maximum atomic E-state index is 13.8. The summed E-state index contributed by atoms with van der Waals surface area (Å²) in [6.07, 6.45) is -4.03. The third kappa shape index (κ3) is 4.02. The molecule has 3 aliphatic heterocycles. The number of fused-ring (bicyclic) bond motifs is 3. The van der Waals surface area contributed by atoms with Crippen molar-refractivity contribution in [3.63, 3.8) is 0 Å². The number of methoxy groups -OCH3 is 2. The van der Waals surface area contributed by atoms with E-state index in [1.165, 1.54) is 26.0 Å². The molecule has 0 amide bonds. The number of aliphatic hydroxyl groups excluding tert-OH is 2. The number of benzene rings is 2. The molecule has 3 heterocycles. The molecule has 0 spiro atoms. The van der Waals surface area contributed by atoms with Crippen LogP contribution in [0.3, 0.4) is 0 Å². The average molecular weight is 639 g/mol. The van der Waals surface area contributed by atoms with Crippen LogP contribution in [0.2, 0.25) is 0 Å². The fraction of sp³-hybridized carbons (Fsp3) is 0.406. The van der Waals surface area contributed by atoms with Crippen molar-refractivity contribution in [2.24, 2.45) is 0 Å². The van der Waals surface area contributed by atoms with Crippen molar-refractivity contribution in [1.82, 2.24) is 0 Å². The minimum absolute atomic E-state index is 0.0116. The van der Waals surface area contributed by atoms with Gasteiger partial charge in [-0.3, -0.25) is 14.4 Å². The Balaban J connectivity index is 1.68. The molecule has 2 aromatic carbocycles. The Kier molecular flexibility index (Phi) is 7.04. The number of rotatable bonds is 4. The quantitative estimate of drug-likeness (QED) is 0.279. The Morgan fingerprint density at radius 2 is 1.39 bits per heavy atom. The van der Waals surface area contributed by atoms with Crippen LogP contribution < -0.4 is 9.47 Å². The highest BCUT2D eigenvalue weighted by molar-refractivity contribution is 6.13. The smallest absolute Gasteiger partial charge is 0.358 e. The predicted octanol–water partition coefficient (Wildman–Crippen LogP) is 2.26. The molecule has 46 heavy (non-hydrogen) atoms. The second kappa shape index (κ2) is 10.5. The summed E-state index contributed by atoms with van der Waals surface area (Å²) in [6, 6.07) is 2.49. The first-order valence-electron chi connectivity index (χ1n) is 14.4. The number of carbonyl (C=O) groups excluding carboxylic acids is 5. The molecule has 14 nitrogen and oxygen atoms in total. The molecule has 0 bridgehead atoms. The highest BCUT2D eigenvalue weighted by Crippen LogP contribution is 2.57. The van der Waals surface area contributed by atoms with Gasteiger partial charge in [0.25, 0.3) is 5.60 Å². The fourth-order valence-corrected chi connectivity index (χ4v) is 6.97. The van der Waals surface area contributed by atoms with E-state index in [0.29, 0.717) is 0 Å². The number of Topliss-reactive ketones (excluding diaryl/α,β-unsaturated/α-hetero) is 2. The van der Waals surface area contributed by atoms with E-state index in [4.69, 9.17) is 23.7 Å². The molecule has 2 fully saturated rings. The van der Waals surface area contributed by atoms with Gasteiger partial charge in [0.1, 0.15) is 46.0 Å². The lowest BCUT2D eigenvalue weighted by Gasteiger charge is -2.44. The van der Waals surface area contributed by atoms with E-state index in [2.05, 4.69) is 0 Å². The largest absolute Gasteiger partial charge is 0.507 e. The van der Waals surface area contributed by atoms with Gasteiger partial charge in [0.2, 0.25) is 5.60 Å².